The molecule has 0 amide bonds. The summed E-state index contributed by atoms with van der Waals surface area (Å²) in [4.78, 5) is 11.4. The Morgan fingerprint density at radius 3 is 2.39 bits per heavy atom. The number of thiocarbonyl (C=S) groups is 1. The van der Waals surface area contributed by atoms with Crippen molar-refractivity contribution in [2.75, 3.05) is 0 Å². The Bertz CT molecular complexity index is 1290. The van der Waals surface area contributed by atoms with Crippen LogP contribution in [0.25, 0.3) is 5.69 Å². The summed E-state index contributed by atoms with van der Waals surface area (Å²) in [6.45, 7) is 4.86. The molecule has 1 aromatic carbocycles. The number of hydrogen-bond acceptors (Lipinski definition) is 3. The largest absolute Gasteiger partial charge is 0.352 e. The molecule has 1 aliphatic heterocycles. The lowest BCUT2D eigenvalue weighted by atomic mass is 9.96. The maximum atomic E-state index is 6.57. The molecule has 1 N–H and O–H groups in total. The number of nitrogens with zero attached hydrogens (tertiary/aromatic N) is 4. The first-order valence-corrected chi connectivity index (χ1v) is 11.6. The maximum absolute atomic E-state index is 6.57. The highest BCUT2D eigenvalue weighted by molar-refractivity contribution is 7.80. The highest BCUT2D eigenvalue weighted by Gasteiger charge is 2.41. The van der Waals surface area contributed by atoms with E-state index in [0.717, 1.165) is 33.5 Å². The molecule has 0 saturated carbocycles. The van der Waals surface area contributed by atoms with Crippen LogP contribution in [0.15, 0.2) is 79.1 Å². The second-order valence-electron chi connectivity index (χ2n) is 8.19. The number of halogens is 1. The molecular formula is C26H24ClN5S. The standard InChI is InChI=1S/C26H24ClN5S/c1-17-15-20(18(2)32(17)23-12-4-3-10-21(23)27)25-24(22-11-6-8-14-29-22)30-26(33)31(25)16-19-9-5-7-13-28-19/h3-15,24-25H,16H2,1-2H3,(H,30,33)/t24-,25-/m0/s1. The lowest BCUT2D eigenvalue weighted by Gasteiger charge is -2.28. The fourth-order valence-electron chi connectivity index (χ4n) is 4.67. The Morgan fingerprint density at radius 1 is 0.970 bits per heavy atom. The summed E-state index contributed by atoms with van der Waals surface area (Å²) in [6.07, 6.45) is 3.64. The van der Waals surface area contributed by atoms with E-state index in [4.69, 9.17) is 23.8 Å². The number of rotatable bonds is 5. The van der Waals surface area contributed by atoms with Crippen molar-refractivity contribution in [1.82, 2.24) is 24.8 Å². The summed E-state index contributed by atoms with van der Waals surface area (Å²) < 4.78 is 2.22. The smallest absolute Gasteiger partial charge is 0.170 e. The molecule has 0 bridgehead atoms. The SMILES string of the molecule is Cc1cc([C@H]2[C@H](c3ccccn3)NC(=S)N2Cc2ccccn2)c(C)n1-c1ccccc1Cl. The van der Waals surface area contributed by atoms with Crippen molar-refractivity contribution >= 4 is 28.9 Å². The van der Waals surface area contributed by atoms with Gasteiger partial charge in [-0.2, -0.15) is 0 Å². The van der Waals surface area contributed by atoms with E-state index >= 15 is 0 Å². The average molecular weight is 474 g/mol. The second-order valence-corrected chi connectivity index (χ2v) is 8.98. The first-order chi connectivity index (χ1) is 16.0. The van der Waals surface area contributed by atoms with Crippen LogP contribution in [0.3, 0.4) is 0 Å². The maximum Gasteiger partial charge on any atom is 0.170 e. The Hall–Kier alpha value is -3.22. The van der Waals surface area contributed by atoms with Gasteiger partial charge in [0, 0.05) is 23.8 Å². The lowest BCUT2D eigenvalue weighted by molar-refractivity contribution is 0.307. The van der Waals surface area contributed by atoms with Crippen molar-refractivity contribution < 1.29 is 0 Å². The highest BCUT2D eigenvalue weighted by atomic mass is 35.5. The van der Waals surface area contributed by atoms with E-state index < -0.39 is 0 Å². The Balaban J connectivity index is 1.63. The number of aryl methyl sites for hydroxylation is 1. The molecule has 0 radical (unpaired) electrons. The van der Waals surface area contributed by atoms with E-state index in [1.807, 2.05) is 73.1 Å². The van der Waals surface area contributed by atoms with Gasteiger partial charge in [0.1, 0.15) is 0 Å². The molecule has 0 aliphatic carbocycles. The van der Waals surface area contributed by atoms with Gasteiger partial charge in [-0.3, -0.25) is 9.97 Å². The molecule has 2 atom stereocenters. The molecule has 3 aromatic heterocycles. The number of aromatic nitrogens is 3. The Kier molecular flexibility index (Phi) is 5.87. The molecule has 5 rings (SSSR count). The van der Waals surface area contributed by atoms with Gasteiger partial charge in [0.25, 0.3) is 0 Å². The van der Waals surface area contributed by atoms with Crippen molar-refractivity contribution in [3.8, 4) is 5.69 Å². The van der Waals surface area contributed by atoms with Crippen LogP contribution < -0.4 is 5.32 Å². The molecular weight excluding hydrogens is 450 g/mol. The van der Waals surface area contributed by atoms with Crippen LogP contribution in [-0.2, 0) is 6.54 Å². The van der Waals surface area contributed by atoms with Crippen molar-refractivity contribution in [2.45, 2.75) is 32.5 Å². The fourth-order valence-corrected chi connectivity index (χ4v) is 5.20. The zero-order valence-corrected chi connectivity index (χ0v) is 20.0. The number of nitrogens with one attached hydrogen (secondary N) is 1. The zero-order chi connectivity index (χ0) is 22.9. The summed E-state index contributed by atoms with van der Waals surface area (Å²) in [5.41, 5.74) is 6.32. The Labute approximate surface area is 204 Å². The summed E-state index contributed by atoms with van der Waals surface area (Å²) in [5, 5.41) is 4.95. The summed E-state index contributed by atoms with van der Waals surface area (Å²) in [6, 6.07) is 22.0. The van der Waals surface area contributed by atoms with E-state index in [2.05, 4.69) is 44.7 Å². The van der Waals surface area contributed by atoms with Gasteiger partial charge in [-0.1, -0.05) is 35.9 Å². The topological polar surface area (TPSA) is 46.0 Å². The first-order valence-electron chi connectivity index (χ1n) is 10.9. The highest BCUT2D eigenvalue weighted by Crippen LogP contribution is 2.42. The van der Waals surface area contributed by atoms with Crippen LogP contribution in [-0.4, -0.2) is 24.5 Å². The van der Waals surface area contributed by atoms with Crippen LogP contribution in [0.1, 0.15) is 40.4 Å². The number of benzene rings is 1. The van der Waals surface area contributed by atoms with Crippen molar-refractivity contribution in [1.29, 1.82) is 0 Å². The van der Waals surface area contributed by atoms with Gasteiger partial charge in [-0.05, 0) is 74.1 Å². The molecule has 1 saturated heterocycles. The third-order valence-corrected chi connectivity index (χ3v) is 6.81. The number of para-hydroxylation sites is 1. The van der Waals surface area contributed by atoms with Crippen LogP contribution >= 0.6 is 23.8 Å². The molecule has 1 fully saturated rings. The molecule has 1 aliphatic rings. The molecule has 0 unspecified atom stereocenters. The third-order valence-electron chi connectivity index (χ3n) is 6.14. The van der Waals surface area contributed by atoms with Gasteiger partial charge >= 0.3 is 0 Å². The minimum Gasteiger partial charge on any atom is -0.352 e. The van der Waals surface area contributed by atoms with E-state index in [1.165, 1.54) is 5.56 Å². The van der Waals surface area contributed by atoms with Gasteiger partial charge in [-0.25, -0.2) is 0 Å². The van der Waals surface area contributed by atoms with Gasteiger partial charge < -0.3 is 14.8 Å². The third kappa shape index (κ3) is 4.01. The van der Waals surface area contributed by atoms with Gasteiger partial charge in [0.2, 0.25) is 0 Å². The normalized spacial score (nSPS) is 17.9. The van der Waals surface area contributed by atoms with Crippen LogP contribution in [0.4, 0.5) is 0 Å². The van der Waals surface area contributed by atoms with Crippen molar-refractivity contribution in [2.24, 2.45) is 0 Å². The molecule has 33 heavy (non-hydrogen) atoms. The molecule has 7 heteroatoms. The van der Waals surface area contributed by atoms with Crippen molar-refractivity contribution in [3.63, 3.8) is 0 Å². The number of hydrogen-bond donors (Lipinski definition) is 1. The molecule has 0 spiro atoms. The molecule has 4 heterocycles. The lowest BCUT2D eigenvalue weighted by Crippen LogP contribution is -2.29. The average Bonchev–Trinajstić information content (AvgIpc) is 3.30. The van der Waals surface area contributed by atoms with Crippen LogP contribution in [0.5, 0.6) is 0 Å². The van der Waals surface area contributed by atoms with Gasteiger partial charge in [0.05, 0.1) is 40.7 Å². The van der Waals surface area contributed by atoms with Crippen molar-refractivity contribution in [3.05, 3.63) is 112 Å². The second kappa shape index (κ2) is 8.96. The Morgan fingerprint density at radius 2 is 1.70 bits per heavy atom. The summed E-state index contributed by atoms with van der Waals surface area (Å²) in [5.74, 6) is 0. The molecule has 166 valence electrons. The van der Waals surface area contributed by atoms with Gasteiger partial charge in [-0.15, -0.1) is 0 Å². The monoisotopic (exact) mass is 473 g/mol. The quantitative estimate of drug-likeness (QED) is 0.376. The fraction of sp³-hybridized carbons (Fsp3) is 0.192. The minimum atomic E-state index is -0.0809. The molecule has 5 nitrogen and oxygen atoms in total. The van der Waals surface area contributed by atoms with Crippen LogP contribution in [0, 0.1) is 13.8 Å². The molecule has 4 aromatic rings. The van der Waals surface area contributed by atoms with E-state index in [-0.39, 0.29) is 12.1 Å². The first kappa shape index (κ1) is 21.6. The predicted molar refractivity (Wildman–Crippen MR) is 135 cm³/mol. The van der Waals surface area contributed by atoms with E-state index in [1.54, 1.807) is 0 Å². The summed E-state index contributed by atoms with van der Waals surface area (Å²) >= 11 is 12.4. The summed E-state index contributed by atoms with van der Waals surface area (Å²) in [7, 11) is 0. The van der Waals surface area contributed by atoms with E-state index in [0.29, 0.717) is 11.7 Å². The van der Waals surface area contributed by atoms with Gasteiger partial charge in [0.15, 0.2) is 5.11 Å². The predicted octanol–water partition coefficient (Wildman–Crippen LogP) is 5.71. The van der Waals surface area contributed by atoms with Crippen LogP contribution in [0.2, 0.25) is 5.02 Å². The number of pyridine rings is 2. The van der Waals surface area contributed by atoms with E-state index in [9.17, 15) is 0 Å². The minimum absolute atomic E-state index is 0.0446. The zero-order valence-electron chi connectivity index (χ0n) is 18.4.